The molecular formula is C18H21N3O3S. The number of rotatable bonds is 3. The van der Waals surface area contributed by atoms with Crippen molar-refractivity contribution in [3.8, 4) is 0 Å². The molecule has 1 aromatic heterocycles. The number of carbonyl (C=O) groups is 1. The van der Waals surface area contributed by atoms with Crippen LogP contribution in [0.4, 0.5) is 0 Å². The van der Waals surface area contributed by atoms with Crippen LogP contribution in [-0.2, 0) is 10.0 Å². The molecule has 1 aliphatic carbocycles. The molecule has 1 amide bonds. The van der Waals surface area contributed by atoms with E-state index in [1.54, 1.807) is 4.90 Å². The molecule has 1 aromatic carbocycles. The summed E-state index contributed by atoms with van der Waals surface area (Å²) in [6.07, 6.45) is 3.47. The molecule has 0 bridgehead atoms. The second kappa shape index (κ2) is 6.07. The number of aromatic nitrogens is 1. The number of hydrogen-bond acceptors (Lipinski definition) is 4. The first-order valence-electron chi connectivity index (χ1n) is 8.57. The van der Waals surface area contributed by atoms with Crippen LogP contribution in [0.25, 0.3) is 10.9 Å². The maximum atomic E-state index is 13.1. The first kappa shape index (κ1) is 16.5. The molecule has 0 spiro atoms. The van der Waals surface area contributed by atoms with Crippen LogP contribution >= 0.6 is 0 Å². The molecule has 0 atom stereocenters. The van der Waals surface area contributed by atoms with Gasteiger partial charge in [-0.2, -0.15) is 4.31 Å². The van der Waals surface area contributed by atoms with Crippen molar-refractivity contribution in [3.63, 3.8) is 0 Å². The van der Waals surface area contributed by atoms with E-state index in [-0.39, 0.29) is 5.91 Å². The SMILES string of the molecule is CS(=O)(=O)N1CCN(C(=O)c2cc(C3CC3)nc3ccccc23)CC1. The highest BCUT2D eigenvalue weighted by Gasteiger charge is 2.30. The number of amides is 1. The van der Waals surface area contributed by atoms with Crippen molar-refractivity contribution in [2.45, 2.75) is 18.8 Å². The second-order valence-electron chi connectivity index (χ2n) is 6.84. The zero-order valence-electron chi connectivity index (χ0n) is 14.2. The van der Waals surface area contributed by atoms with Crippen LogP contribution in [0.5, 0.6) is 0 Å². The monoisotopic (exact) mass is 359 g/mol. The Kier molecular flexibility index (Phi) is 4.00. The first-order chi connectivity index (χ1) is 11.9. The van der Waals surface area contributed by atoms with E-state index in [0.717, 1.165) is 29.4 Å². The third kappa shape index (κ3) is 3.26. The molecule has 25 heavy (non-hydrogen) atoms. The average molecular weight is 359 g/mol. The largest absolute Gasteiger partial charge is 0.336 e. The van der Waals surface area contributed by atoms with Crippen molar-refractivity contribution in [3.05, 3.63) is 41.6 Å². The molecule has 2 heterocycles. The van der Waals surface area contributed by atoms with Gasteiger partial charge < -0.3 is 4.90 Å². The number of benzene rings is 1. The van der Waals surface area contributed by atoms with Gasteiger partial charge in [0.25, 0.3) is 5.91 Å². The van der Waals surface area contributed by atoms with Gasteiger partial charge in [0.05, 0.1) is 17.3 Å². The molecule has 132 valence electrons. The zero-order chi connectivity index (χ0) is 17.6. The van der Waals surface area contributed by atoms with Gasteiger partial charge in [-0.15, -0.1) is 0 Å². The van der Waals surface area contributed by atoms with Crippen molar-refractivity contribution in [2.75, 3.05) is 32.4 Å². The van der Waals surface area contributed by atoms with Crippen LogP contribution in [0.3, 0.4) is 0 Å². The summed E-state index contributed by atoms with van der Waals surface area (Å²) in [5.74, 6) is 0.437. The van der Waals surface area contributed by atoms with Gasteiger partial charge in [0, 0.05) is 43.2 Å². The van der Waals surface area contributed by atoms with E-state index in [2.05, 4.69) is 0 Å². The third-order valence-electron chi connectivity index (χ3n) is 4.96. The van der Waals surface area contributed by atoms with Crippen LogP contribution in [0.1, 0.15) is 34.8 Å². The number of carbonyl (C=O) groups excluding carboxylic acids is 1. The maximum absolute atomic E-state index is 13.1. The van der Waals surface area contributed by atoms with E-state index in [1.807, 2.05) is 30.3 Å². The summed E-state index contributed by atoms with van der Waals surface area (Å²) >= 11 is 0. The van der Waals surface area contributed by atoms with Crippen molar-refractivity contribution in [1.82, 2.24) is 14.2 Å². The molecule has 1 saturated carbocycles. The maximum Gasteiger partial charge on any atom is 0.254 e. The molecule has 1 saturated heterocycles. The number of para-hydroxylation sites is 1. The predicted octanol–water partition coefficient (Wildman–Crippen LogP) is 1.83. The van der Waals surface area contributed by atoms with Gasteiger partial charge in [-0.3, -0.25) is 9.78 Å². The summed E-state index contributed by atoms with van der Waals surface area (Å²) in [6, 6.07) is 9.66. The van der Waals surface area contributed by atoms with Gasteiger partial charge in [0.1, 0.15) is 0 Å². The Morgan fingerprint density at radius 1 is 1.12 bits per heavy atom. The van der Waals surface area contributed by atoms with Crippen molar-refractivity contribution in [2.24, 2.45) is 0 Å². The molecule has 0 radical (unpaired) electrons. The minimum absolute atomic E-state index is 0.0337. The molecule has 0 unspecified atom stereocenters. The van der Waals surface area contributed by atoms with E-state index in [0.29, 0.717) is 37.7 Å². The van der Waals surface area contributed by atoms with Crippen molar-refractivity contribution < 1.29 is 13.2 Å². The summed E-state index contributed by atoms with van der Waals surface area (Å²) in [5.41, 5.74) is 2.53. The Morgan fingerprint density at radius 3 is 2.44 bits per heavy atom. The van der Waals surface area contributed by atoms with E-state index in [4.69, 9.17) is 4.98 Å². The van der Waals surface area contributed by atoms with E-state index in [9.17, 15) is 13.2 Å². The Bertz CT molecular complexity index is 930. The lowest BCUT2D eigenvalue weighted by atomic mass is 10.0. The fourth-order valence-corrected chi connectivity index (χ4v) is 4.18. The predicted molar refractivity (Wildman–Crippen MR) is 96.0 cm³/mol. The normalized spacial score (nSPS) is 19.3. The molecule has 1 aliphatic heterocycles. The van der Waals surface area contributed by atoms with Gasteiger partial charge in [-0.1, -0.05) is 18.2 Å². The lowest BCUT2D eigenvalue weighted by Gasteiger charge is -2.33. The number of hydrogen-bond donors (Lipinski definition) is 0. The van der Waals surface area contributed by atoms with Crippen molar-refractivity contribution in [1.29, 1.82) is 0 Å². The number of nitrogens with zero attached hydrogens (tertiary/aromatic N) is 3. The fraction of sp³-hybridized carbons (Fsp3) is 0.444. The summed E-state index contributed by atoms with van der Waals surface area (Å²) in [4.78, 5) is 19.6. The molecular weight excluding hydrogens is 338 g/mol. The lowest BCUT2D eigenvalue weighted by molar-refractivity contribution is 0.0700. The molecule has 6 nitrogen and oxygen atoms in total. The molecule has 2 fully saturated rings. The lowest BCUT2D eigenvalue weighted by Crippen LogP contribution is -2.50. The Labute approximate surface area is 147 Å². The van der Waals surface area contributed by atoms with Crippen LogP contribution < -0.4 is 0 Å². The van der Waals surface area contributed by atoms with E-state index < -0.39 is 10.0 Å². The number of sulfonamides is 1. The van der Waals surface area contributed by atoms with Gasteiger partial charge in [-0.25, -0.2) is 8.42 Å². The number of piperazine rings is 1. The zero-order valence-corrected chi connectivity index (χ0v) is 15.0. The summed E-state index contributed by atoms with van der Waals surface area (Å²) < 4.78 is 24.7. The number of pyridine rings is 1. The standard InChI is InChI=1S/C18H21N3O3S/c1-25(23,24)21-10-8-20(9-11-21)18(22)15-12-17(13-6-7-13)19-16-5-3-2-4-14(15)16/h2-5,12-13H,6-11H2,1H3. The fourth-order valence-electron chi connectivity index (χ4n) is 3.35. The molecule has 2 aromatic rings. The Morgan fingerprint density at radius 2 is 1.80 bits per heavy atom. The smallest absolute Gasteiger partial charge is 0.254 e. The molecule has 4 rings (SSSR count). The molecule has 7 heteroatoms. The highest BCUT2D eigenvalue weighted by Crippen LogP contribution is 2.40. The Balaban J connectivity index is 1.64. The molecule has 0 N–H and O–H groups in total. The second-order valence-corrected chi connectivity index (χ2v) is 8.82. The van der Waals surface area contributed by atoms with Crippen LogP contribution in [0.15, 0.2) is 30.3 Å². The van der Waals surface area contributed by atoms with E-state index in [1.165, 1.54) is 10.6 Å². The number of fused-ring (bicyclic) bond motifs is 1. The average Bonchev–Trinajstić information content (AvgIpc) is 3.44. The van der Waals surface area contributed by atoms with Gasteiger partial charge >= 0.3 is 0 Å². The van der Waals surface area contributed by atoms with Crippen molar-refractivity contribution >= 4 is 26.8 Å². The topological polar surface area (TPSA) is 70.6 Å². The molecule has 2 aliphatic rings. The third-order valence-corrected chi connectivity index (χ3v) is 6.26. The first-order valence-corrected chi connectivity index (χ1v) is 10.4. The van der Waals surface area contributed by atoms with Gasteiger partial charge in [-0.05, 0) is 25.0 Å². The Hall–Kier alpha value is -1.99. The van der Waals surface area contributed by atoms with E-state index >= 15 is 0 Å². The van der Waals surface area contributed by atoms with Crippen LogP contribution in [0.2, 0.25) is 0 Å². The van der Waals surface area contributed by atoms with Gasteiger partial charge in [0.15, 0.2) is 0 Å². The van der Waals surface area contributed by atoms with Crippen LogP contribution in [0, 0.1) is 0 Å². The quantitative estimate of drug-likeness (QED) is 0.838. The summed E-state index contributed by atoms with van der Waals surface area (Å²) in [5, 5.41) is 0.863. The highest BCUT2D eigenvalue weighted by molar-refractivity contribution is 7.88. The minimum Gasteiger partial charge on any atom is -0.336 e. The van der Waals surface area contributed by atoms with Crippen LogP contribution in [-0.4, -0.2) is 60.9 Å². The van der Waals surface area contributed by atoms with Gasteiger partial charge in [0.2, 0.25) is 10.0 Å². The summed E-state index contributed by atoms with van der Waals surface area (Å²) in [7, 11) is -3.20. The summed E-state index contributed by atoms with van der Waals surface area (Å²) in [6.45, 7) is 1.54. The minimum atomic E-state index is -3.20. The highest BCUT2D eigenvalue weighted by atomic mass is 32.2.